The number of guanidine groups is 1. The second-order valence-corrected chi connectivity index (χ2v) is 8.30. The molecule has 0 unspecified atom stereocenters. The van der Waals surface area contributed by atoms with Crippen LogP contribution in [0.3, 0.4) is 0 Å². The third-order valence-electron chi connectivity index (χ3n) is 3.52. The van der Waals surface area contributed by atoms with E-state index in [-0.39, 0.29) is 10.4 Å². The highest BCUT2D eigenvalue weighted by Crippen LogP contribution is 2.35. The van der Waals surface area contributed by atoms with Gasteiger partial charge < -0.3 is 5.73 Å². The first-order chi connectivity index (χ1) is 13.1. The Kier molecular flexibility index (Phi) is 5.29. The molecule has 3 rings (SSSR count). The highest BCUT2D eigenvalue weighted by atomic mass is 32.2. The van der Waals surface area contributed by atoms with Gasteiger partial charge in [-0.15, -0.1) is 11.3 Å². The van der Waals surface area contributed by atoms with E-state index in [1.807, 2.05) is 0 Å². The van der Waals surface area contributed by atoms with Crippen molar-refractivity contribution >= 4 is 43.4 Å². The first-order valence-electron chi connectivity index (χ1n) is 7.65. The van der Waals surface area contributed by atoms with Crippen molar-refractivity contribution in [3.63, 3.8) is 0 Å². The van der Waals surface area contributed by atoms with Gasteiger partial charge in [0, 0.05) is 15.6 Å². The fourth-order valence-corrected chi connectivity index (χ4v) is 3.62. The van der Waals surface area contributed by atoms with Crippen molar-refractivity contribution in [2.75, 3.05) is 6.26 Å². The molecule has 3 aromatic rings. The molecular weight excluding hydrogens is 412 g/mol. The van der Waals surface area contributed by atoms with Crippen LogP contribution in [0, 0.1) is 11.6 Å². The summed E-state index contributed by atoms with van der Waals surface area (Å²) in [6, 6.07) is 9.63. The summed E-state index contributed by atoms with van der Waals surface area (Å²) in [6.07, 6.45) is 0.769. The second-order valence-electron chi connectivity index (χ2n) is 5.66. The number of hydrogen-bond donors (Lipinski definition) is 2. The van der Waals surface area contributed by atoms with Crippen LogP contribution in [-0.4, -0.2) is 26.5 Å². The number of oxime groups is 1. The summed E-state index contributed by atoms with van der Waals surface area (Å²) in [6.45, 7) is 0. The molecule has 146 valence electrons. The zero-order chi connectivity index (χ0) is 20.5. The largest absolute Gasteiger partial charge is 0.367 e. The third-order valence-corrected chi connectivity index (χ3v) is 4.96. The number of rotatable bonds is 4. The van der Waals surface area contributed by atoms with Gasteiger partial charge in [-0.2, -0.15) is 8.42 Å². The van der Waals surface area contributed by atoms with Crippen LogP contribution in [0.2, 0.25) is 0 Å². The SMILES string of the molecule is CS(=O)(=O)ON=C(N)NC(=O)c1cc2c(-c3cc(F)ccc3F)cccc2s1. The van der Waals surface area contributed by atoms with Crippen LogP contribution in [0.5, 0.6) is 0 Å². The molecule has 7 nitrogen and oxygen atoms in total. The number of carbonyl (C=O) groups is 1. The van der Waals surface area contributed by atoms with Crippen LogP contribution in [0.1, 0.15) is 9.67 Å². The number of nitrogens with two attached hydrogens (primary N) is 1. The predicted molar refractivity (Wildman–Crippen MR) is 102 cm³/mol. The number of nitrogens with zero attached hydrogens (tertiary/aromatic N) is 1. The average molecular weight is 425 g/mol. The van der Waals surface area contributed by atoms with Crippen LogP contribution >= 0.6 is 11.3 Å². The van der Waals surface area contributed by atoms with Gasteiger partial charge in [-0.05, 0) is 41.1 Å². The fourth-order valence-electron chi connectivity index (χ4n) is 2.42. The van der Waals surface area contributed by atoms with E-state index in [0.717, 1.165) is 35.8 Å². The van der Waals surface area contributed by atoms with E-state index in [4.69, 9.17) is 5.73 Å². The van der Waals surface area contributed by atoms with Crippen LogP contribution in [0.4, 0.5) is 8.78 Å². The Morgan fingerprint density at radius 1 is 1.18 bits per heavy atom. The Balaban J connectivity index is 1.95. The zero-order valence-electron chi connectivity index (χ0n) is 14.3. The van der Waals surface area contributed by atoms with Crippen molar-refractivity contribution in [3.8, 4) is 11.1 Å². The third kappa shape index (κ3) is 4.43. The molecule has 0 fully saturated rings. The normalized spacial score (nSPS) is 12.2. The van der Waals surface area contributed by atoms with Gasteiger partial charge in [0.15, 0.2) is 0 Å². The van der Waals surface area contributed by atoms with Gasteiger partial charge in [0.05, 0.1) is 11.1 Å². The highest BCUT2D eigenvalue weighted by Gasteiger charge is 2.16. The van der Waals surface area contributed by atoms with Gasteiger partial charge in [0.1, 0.15) is 11.6 Å². The van der Waals surface area contributed by atoms with E-state index in [0.29, 0.717) is 15.6 Å². The van der Waals surface area contributed by atoms with Gasteiger partial charge in [0.25, 0.3) is 5.91 Å². The van der Waals surface area contributed by atoms with E-state index in [9.17, 15) is 22.0 Å². The summed E-state index contributed by atoms with van der Waals surface area (Å²) < 4.78 is 54.3. The Morgan fingerprint density at radius 2 is 1.93 bits per heavy atom. The lowest BCUT2D eigenvalue weighted by Crippen LogP contribution is -2.36. The highest BCUT2D eigenvalue weighted by molar-refractivity contribution is 7.85. The lowest BCUT2D eigenvalue weighted by molar-refractivity contribution is 0.0979. The molecule has 28 heavy (non-hydrogen) atoms. The van der Waals surface area contributed by atoms with E-state index >= 15 is 0 Å². The molecule has 1 heterocycles. The summed E-state index contributed by atoms with van der Waals surface area (Å²) in [7, 11) is -3.87. The number of carbonyl (C=O) groups excluding carboxylic acids is 1. The van der Waals surface area contributed by atoms with Crippen molar-refractivity contribution in [1.29, 1.82) is 0 Å². The van der Waals surface area contributed by atoms with Crippen LogP contribution < -0.4 is 11.1 Å². The molecule has 0 radical (unpaired) electrons. The number of benzene rings is 2. The maximum Gasteiger partial charge on any atom is 0.325 e. The molecule has 0 aliphatic heterocycles. The molecule has 0 bridgehead atoms. The number of halogens is 2. The van der Waals surface area contributed by atoms with Crippen molar-refractivity contribution in [1.82, 2.24) is 5.32 Å². The second kappa shape index (κ2) is 7.52. The minimum Gasteiger partial charge on any atom is -0.367 e. The number of fused-ring (bicyclic) bond motifs is 1. The Morgan fingerprint density at radius 3 is 2.64 bits per heavy atom. The molecular formula is C17H13F2N3O4S2. The molecule has 0 aliphatic carbocycles. The average Bonchev–Trinajstić information content (AvgIpc) is 3.06. The fraction of sp³-hybridized carbons (Fsp3) is 0.0588. The summed E-state index contributed by atoms with van der Waals surface area (Å²) in [5, 5.41) is 5.82. The lowest BCUT2D eigenvalue weighted by atomic mass is 10.0. The molecule has 0 spiro atoms. The molecule has 0 atom stereocenters. The predicted octanol–water partition coefficient (Wildman–Crippen LogP) is 2.78. The topological polar surface area (TPSA) is 111 Å². The Bertz CT molecular complexity index is 1210. The van der Waals surface area contributed by atoms with E-state index in [1.165, 1.54) is 6.07 Å². The van der Waals surface area contributed by atoms with Crippen LogP contribution in [-0.2, 0) is 14.4 Å². The maximum atomic E-state index is 14.2. The first-order valence-corrected chi connectivity index (χ1v) is 10.3. The Labute approximate surface area is 162 Å². The lowest BCUT2D eigenvalue weighted by Gasteiger charge is -2.05. The molecule has 1 aromatic heterocycles. The Hall–Kier alpha value is -3.05. The minimum atomic E-state index is -3.87. The summed E-state index contributed by atoms with van der Waals surface area (Å²) in [5.41, 5.74) is 5.90. The molecule has 1 amide bonds. The monoisotopic (exact) mass is 425 g/mol. The quantitative estimate of drug-likeness (QED) is 0.379. The number of amides is 1. The van der Waals surface area contributed by atoms with Crippen LogP contribution in [0.15, 0.2) is 47.6 Å². The van der Waals surface area contributed by atoms with Crippen molar-refractivity contribution in [2.45, 2.75) is 0 Å². The van der Waals surface area contributed by atoms with E-state index in [1.54, 1.807) is 18.2 Å². The minimum absolute atomic E-state index is 0.0676. The van der Waals surface area contributed by atoms with Crippen molar-refractivity contribution in [2.24, 2.45) is 10.9 Å². The number of hydrogen-bond acceptors (Lipinski definition) is 6. The number of thiophene rings is 1. The summed E-state index contributed by atoms with van der Waals surface area (Å²) >= 11 is 1.09. The standard InChI is InChI=1S/C17H13F2N3O4S2/c1-28(24,25)26-22-17(20)21-16(23)15-8-12-10(3-2-4-14(12)27-15)11-7-9(18)5-6-13(11)19/h2-8H,1H3,(H3,20,21,22,23). The van der Waals surface area contributed by atoms with Gasteiger partial charge in [0.2, 0.25) is 5.96 Å². The van der Waals surface area contributed by atoms with Crippen LogP contribution in [0.25, 0.3) is 21.2 Å². The van der Waals surface area contributed by atoms with Crippen molar-refractivity contribution in [3.05, 3.63) is 59.0 Å². The molecule has 0 aliphatic rings. The summed E-state index contributed by atoms with van der Waals surface area (Å²) in [4.78, 5) is 12.5. The smallest absolute Gasteiger partial charge is 0.325 e. The zero-order valence-corrected chi connectivity index (χ0v) is 15.9. The first kappa shape index (κ1) is 19.7. The molecule has 0 saturated carbocycles. The van der Waals surface area contributed by atoms with Gasteiger partial charge >= 0.3 is 10.1 Å². The molecule has 11 heteroatoms. The van der Waals surface area contributed by atoms with E-state index in [2.05, 4.69) is 14.8 Å². The molecule has 3 N–H and O–H groups in total. The maximum absolute atomic E-state index is 14.2. The van der Waals surface area contributed by atoms with Gasteiger partial charge in [-0.1, -0.05) is 12.1 Å². The van der Waals surface area contributed by atoms with Gasteiger partial charge in [-0.25, -0.2) is 8.78 Å². The molecule has 2 aromatic carbocycles. The summed E-state index contributed by atoms with van der Waals surface area (Å²) in [5.74, 6) is -2.40. The van der Waals surface area contributed by atoms with Gasteiger partial charge in [-0.3, -0.25) is 14.4 Å². The van der Waals surface area contributed by atoms with Crippen molar-refractivity contribution < 1.29 is 26.3 Å². The molecule has 0 saturated heterocycles. The van der Waals surface area contributed by atoms with E-state index < -0.39 is 33.6 Å². The number of nitrogens with one attached hydrogen (secondary N) is 1.